The van der Waals surface area contributed by atoms with Gasteiger partial charge in [0.15, 0.2) is 0 Å². The Morgan fingerprint density at radius 2 is 1.32 bits per heavy atom. The van der Waals surface area contributed by atoms with Gasteiger partial charge in [-0.1, -0.05) is 114 Å². The van der Waals surface area contributed by atoms with Crippen LogP contribution in [0.2, 0.25) is 0 Å². The van der Waals surface area contributed by atoms with Gasteiger partial charge in [0.1, 0.15) is 11.0 Å². The van der Waals surface area contributed by atoms with E-state index in [4.69, 9.17) is 9.47 Å². The number of nitrogens with zero attached hydrogens (tertiary/aromatic N) is 5. The van der Waals surface area contributed by atoms with Crippen molar-refractivity contribution in [2.75, 3.05) is 49.5 Å². The Labute approximate surface area is 362 Å². The molecule has 0 bridgehead atoms. The number of thiazole rings is 1. The third-order valence-corrected chi connectivity index (χ3v) is 12.4. The first kappa shape index (κ1) is 55.6. The molecule has 0 aromatic carbocycles. The van der Waals surface area contributed by atoms with Crippen LogP contribution in [0.3, 0.4) is 0 Å². The number of carbonyl (C=O) groups excluding carboxylic acids is 4. The number of hydrogen-bond donors (Lipinski definition) is 1. The van der Waals surface area contributed by atoms with Crippen molar-refractivity contribution in [3.05, 3.63) is 53.5 Å². The summed E-state index contributed by atoms with van der Waals surface area (Å²) in [5, 5.41) is 5.82. The van der Waals surface area contributed by atoms with Crippen LogP contribution < -0.4 is 5.32 Å². The minimum atomic E-state index is -0.724. The van der Waals surface area contributed by atoms with Crippen LogP contribution >= 0.6 is 11.3 Å². The Bertz CT molecular complexity index is 1460. The highest BCUT2D eigenvalue weighted by Gasteiger charge is 2.45. The third kappa shape index (κ3) is 14.9. The fourth-order valence-corrected chi connectivity index (χ4v) is 8.91. The van der Waals surface area contributed by atoms with Crippen molar-refractivity contribution in [1.82, 2.24) is 29.9 Å². The van der Waals surface area contributed by atoms with E-state index in [-0.39, 0.29) is 47.4 Å². The van der Waals surface area contributed by atoms with Crippen molar-refractivity contribution >= 4 is 35.0 Å². The monoisotopic (exact) mass is 847 g/mol. The van der Waals surface area contributed by atoms with Crippen LogP contribution in [-0.4, -0.2) is 134 Å². The van der Waals surface area contributed by atoms with Gasteiger partial charge in [-0.2, -0.15) is 0 Å². The highest BCUT2D eigenvalue weighted by molar-refractivity contribution is 7.09. The van der Waals surface area contributed by atoms with E-state index < -0.39 is 48.2 Å². The summed E-state index contributed by atoms with van der Waals surface area (Å²) < 4.78 is 12.2. The molecular formula is C46H82N6O6S. The highest BCUT2D eigenvalue weighted by atomic mass is 32.1. The van der Waals surface area contributed by atoms with Gasteiger partial charge in [-0.25, -0.2) is 4.98 Å². The van der Waals surface area contributed by atoms with Gasteiger partial charge in [0.05, 0.1) is 48.2 Å². The van der Waals surface area contributed by atoms with Gasteiger partial charge in [-0.05, 0) is 50.3 Å². The van der Waals surface area contributed by atoms with Crippen molar-refractivity contribution in [3.8, 4) is 0 Å². The molecule has 1 rings (SSSR count). The minimum absolute atomic E-state index is 0.0445. The summed E-state index contributed by atoms with van der Waals surface area (Å²) in [6, 6.07) is -2.44. The molecule has 0 saturated heterocycles. The first-order chi connectivity index (χ1) is 27.7. The zero-order valence-corrected chi connectivity index (χ0v) is 40.8. The molecule has 4 amide bonds. The molecule has 338 valence electrons. The van der Waals surface area contributed by atoms with Gasteiger partial charge in [0.2, 0.25) is 23.6 Å². The fourth-order valence-electron chi connectivity index (χ4n) is 8.22. The van der Waals surface area contributed by atoms with E-state index in [1.807, 2.05) is 92.8 Å². The van der Waals surface area contributed by atoms with Crippen LogP contribution in [0.4, 0.5) is 0 Å². The zero-order chi connectivity index (χ0) is 45.9. The minimum Gasteiger partial charge on any atom is -0.378 e. The summed E-state index contributed by atoms with van der Waals surface area (Å²) >= 11 is 1.46. The maximum Gasteiger partial charge on any atom is 0.245 e. The first-order valence-electron chi connectivity index (χ1n) is 21.4. The zero-order valence-electron chi connectivity index (χ0n) is 39.9. The van der Waals surface area contributed by atoms with Gasteiger partial charge in [-0.3, -0.25) is 24.1 Å². The molecule has 0 radical (unpaired) electrons. The molecule has 1 aromatic heterocycles. The lowest BCUT2D eigenvalue weighted by molar-refractivity contribution is -0.157. The van der Waals surface area contributed by atoms with E-state index in [1.165, 1.54) is 11.3 Å². The molecule has 12 nitrogen and oxygen atoms in total. The van der Waals surface area contributed by atoms with Crippen molar-refractivity contribution < 1.29 is 28.7 Å². The summed E-state index contributed by atoms with van der Waals surface area (Å²) in [7, 11) is 12.1. The Hall–Kier alpha value is -3.39. The number of amides is 4. The molecular weight excluding hydrogens is 765 g/mol. The summed E-state index contributed by atoms with van der Waals surface area (Å²) in [4.78, 5) is 68.3. The van der Waals surface area contributed by atoms with Gasteiger partial charge in [-0.15, -0.1) is 11.3 Å². The lowest BCUT2D eigenvalue weighted by Gasteiger charge is -2.44. The molecule has 3 unspecified atom stereocenters. The topological polar surface area (TPSA) is 125 Å². The summed E-state index contributed by atoms with van der Waals surface area (Å²) in [5.41, 5.74) is 0.910. The normalized spacial score (nSPS) is 16.9. The van der Waals surface area contributed by atoms with E-state index in [9.17, 15) is 19.2 Å². The van der Waals surface area contributed by atoms with E-state index in [1.54, 1.807) is 68.4 Å². The predicted octanol–water partition coefficient (Wildman–Crippen LogP) is 7.50. The number of allylic oxidation sites excluding steroid dienone is 3. The van der Waals surface area contributed by atoms with Crippen LogP contribution in [0.1, 0.15) is 106 Å². The number of carbonyl (C=O) groups is 4. The molecule has 0 fully saturated rings. The van der Waals surface area contributed by atoms with Gasteiger partial charge >= 0.3 is 0 Å². The van der Waals surface area contributed by atoms with Crippen molar-refractivity contribution in [2.45, 2.75) is 138 Å². The Balaban J connectivity index is 0.0000165. The average molecular weight is 847 g/mol. The molecule has 0 aliphatic carbocycles. The fraction of sp³-hybridized carbons (Fsp3) is 0.717. The number of nitrogens with one attached hydrogen (secondary N) is 1. The first-order valence-corrected chi connectivity index (χ1v) is 22.3. The third-order valence-electron chi connectivity index (χ3n) is 11.5. The molecule has 10 atom stereocenters. The summed E-state index contributed by atoms with van der Waals surface area (Å²) in [5.74, 6) is -2.22. The second kappa shape index (κ2) is 27.5. The van der Waals surface area contributed by atoms with Crippen molar-refractivity contribution in [1.29, 1.82) is 0 Å². The SMILES string of the molecule is C=C/C=C(\C=C)C[C@H](NC(=O)[C@H](C)[C@@H](OC)[C@H](CC)N(C)C(=O)[C@H](C)[C@@H](OC)C(C(C)CC)N(C)C(=O)[C@H](C(C)C)N(C)C(=O)C(C(C)C)N(C)C)c1nccs1.CC. The van der Waals surface area contributed by atoms with Gasteiger partial charge in [0.25, 0.3) is 0 Å². The van der Waals surface area contributed by atoms with E-state index in [0.29, 0.717) is 12.8 Å². The quantitative estimate of drug-likeness (QED) is 0.101. The van der Waals surface area contributed by atoms with Crippen LogP contribution in [0.15, 0.2) is 48.5 Å². The summed E-state index contributed by atoms with van der Waals surface area (Å²) in [6.07, 6.45) is 7.43. The lowest BCUT2D eigenvalue weighted by Crippen LogP contribution is -2.61. The van der Waals surface area contributed by atoms with Gasteiger partial charge < -0.3 is 29.5 Å². The number of hydrogen-bond acceptors (Lipinski definition) is 9. The van der Waals surface area contributed by atoms with Crippen LogP contribution in [0.5, 0.6) is 0 Å². The Morgan fingerprint density at radius 1 is 0.780 bits per heavy atom. The number of methoxy groups -OCH3 is 2. The number of rotatable bonds is 25. The van der Waals surface area contributed by atoms with Gasteiger partial charge in [0, 0.05) is 46.9 Å². The van der Waals surface area contributed by atoms with Crippen molar-refractivity contribution in [2.24, 2.45) is 29.6 Å². The van der Waals surface area contributed by atoms with E-state index in [0.717, 1.165) is 17.0 Å². The molecule has 1 heterocycles. The van der Waals surface area contributed by atoms with Crippen LogP contribution in [0.25, 0.3) is 0 Å². The standard InChI is InChI=1S/C44H76N6O6S.C2H6/c1-19-23-32(21-3)26-33(41-45-24-25-57-41)46-40(51)30(10)38(55-17)34(22-4)48(14)42(52)31(11)39(56-18)37(29(9)20-2)50(16)44(54)36(28(7)8)49(15)43(53)35(27(5)6)47(12)13;1-2/h19,21,23-25,27-31,33-39H,1,3,20,22,26H2,2,4-18H3,(H,46,51);1-2H3/b32-23+;/t29?,30-,31-,33+,34+,35?,36+,37?,38-,39-;/m1./s1. The number of likely N-dealkylation sites (N-methyl/N-ethyl adjacent to an activating group) is 4. The largest absolute Gasteiger partial charge is 0.378 e. The second-order valence-electron chi connectivity index (χ2n) is 16.3. The predicted molar refractivity (Wildman–Crippen MR) is 244 cm³/mol. The molecule has 0 saturated carbocycles. The second-order valence-corrected chi connectivity index (χ2v) is 17.3. The molecule has 0 aliphatic heterocycles. The van der Waals surface area contributed by atoms with Crippen molar-refractivity contribution in [3.63, 3.8) is 0 Å². The number of aromatic nitrogens is 1. The smallest absolute Gasteiger partial charge is 0.245 e. The highest BCUT2D eigenvalue weighted by Crippen LogP contribution is 2.30. The molecule has 59 heavy (non-hydrogen) atoms. The van der Waals surface area contributed by atoms with Crippen LogP contribution in [-0.2, 0) is 28.7 Å². The molecule has 13 heteroatoms. The molecule has 0 spiro atoms. The number of ether oxygens (including phenoxy) is 2. The van der Waals surface area contributed by atoms with E-state index in [2.05, 4.69) is 37.3 Å². The maximum atomic E-state index is 14.6. The molecule has 1 N–H and O–H groups in total. The lowest BCUT2D eigenvalue weighted by atomic mass is 9.84. The Morgan fingerprint density at radius 3 is 1.73 bits per heavy atom. The Kier molecular flexibility index (Phi) is 25.9. The van der Waals surface area contributed by atoms with E-state index >= 15 is 0 Å². The van der Waals surface area contributed by atoms with Crippen LogP contribution in [0, 0.1) is 29.6 Å². The molecule has 1 aromatic rings. The maximum absolute atomic E-state index is 14.6. The molecule has 0 aliphatic rings. The average Bonchev–Trinajstić information content (AvgIpc) is 3.75. The summed E-state index contributed by atoms with van der Waals surface area (Å²) in [6.45, 7) is 29.3.